The van der Waals surface area contributed by atoms with Crippen molar-refractivity contribution in [3.05, 3.63) is 23.3 Å². The van der Waals surface area contributed by atoms with E-state index in [-0.39, 0.29) is 11.3 Å². The highest BCUT2D eigenvalue weighted by atomic mass is 16.5. The van der Waals surface area contributed by atoms with Gasteiger partial charge in [-0.1, -0.05) is 53.2 Å². The molecule has 0 aromatic heterocycles. The van der Waals surface area contributed by atoms with E-state index in [1.165, 1.54) is 95.6 Å². The lowest BCUT2D eigenvalue weighted by molar-refractivity contribution is -0.218. The minimum atomic E-state index is -0.622. The van der Waals surface area contributed by atoms with Crippen LogP contribution in [0.15, 0.2) is 23.3 Å². The Hall–Kier alpha value is -1.13. The highest BCUT2D eigenvalue weighted by Gasteiger charge is 2.69. The van der Waals surface area contributed by atoms with Gasteiger partial charge in [0.15, 0.2) is 0 Å². The molecule has 3 unspecified atom stereocenters. The van der Waals surface area contributed by atoms with Gasteiger partial charge in [-0.25, -0.2) is 0 Å². The standard InChI is InChI=1S/C40H63NO3/c1-36(2)30(28-8-10-29(11-9-28)35(42)43)14-20-37(3)33(36)15-21-39(5)34(37)13-12-31-32-7-6-19-40(32,23-22-38(31,39)4)41-24-16-27-17-25-44-26-18-27/h8,14,27,29,31-34,41H,6-7,9-13,15-26H2,1-5H3,(H,42,43)/t29-,31+,32?,33?,34?,37-,38+,39+,40-/m0/s1. The summed E-state index contributed by atoms with van der Waals surface area (Å²) in [5.41, 5.74) is 4.78. The van der Waals surface area contributed by atoms with Crippen LogP contribution in [0.1, 0.15) is 137 Å². The largest absolute Gasteiger partial charge is 0.481 e. The lowest BCUT2D eigenvalue weighted by Crippen LogP contribution is -2.67. The molecule has 0 bridgehead atoms. The minimum Gasteiger partial charge on any atom is -0.481 e. The summed E-state index contributed by atoms with van der Waals surface area (Å²) < 4.78 is 5.64. The molecule has 4 saturated carbocycles. The molecule has 1 saturated heterocycles. The van der Waals surface area contributed by atoms with Crippen molar-refractivity contribution in [3.63, 3.8) is 0 Å². The molecule has 0 amide bonds. The summed E-state index contributed by atoms with van der Waals surface area (Å²) in [6.45, 7) is 16.5. The molecule has 2 N–H and O–H groups in total. The summed E-state index contributed by atoms with van der Waals surface area (Å²) in [5, 5.41) is 13.9. The van der Waals surface area contributed by atoms with Gasteiger partial charge in [0.05, 0.1) is 5.92 Å². The van der Waals surface area contributed by atoms with Gasteiger partial charge in [0.1, 0.15) is 0 Å². The van der Waals surface area contributed by atoms with E-state index in [1.54, 1.807) is 5.57 Å². The highest BCUT2D eigenvalue weighted by Crippen LogP contribution is 2.76. The maximum atomic E-state index is 11.6. The van der Waals surface area contributed by atoms with Gasteiger partial charge >= 0.3 is 5.97 Å². The van der Waals surface area contributed by atoms with E-state index in [0.717, 1.165) is 49.7 Å². The van der Waals surface area contributed by atoms with Crippen LogP contribution in [0.2, 0.25) is 0 Å². The maximum Gasteiger partial charge on any atom is 0.306 e. The predicted molar refractivity (Wildman–Crippen MR) is 178 cm³/mol. The van der Waals surface area contributed by atoms with E-state index in [2.05, 4.69) is 52.1 Å². The molecule has 0 aromatic carbocycles. The summed E-state index contributed by atoms with van der Waals surface area (Å²) in [5.74, 6) is 3.26. The van der Waals surface area contributed by atoms with Crippen molar-refractivity contribution in [3.8, 4) is 0 Å². The van der Waals surface area contributed by atoms with Gasteiger partial charge in [-0.3, -0.25) is 4.79 Å². The van der Waals surface area contributed by atoms with Crippen LogP contribution in [0.3, 0.4) is 0 Å². The molecular weight excluding hydrogens is 542 g/mol. The summed E-state index contributed by atoms with van der Waals surface area (Å²) in [7, 11) is 0. The number of carboxylic acid groups (broad SMARTS) is 1. The molecule has 9 atom stereocenters. The third-order valence-electron chi connectivity index (χ3n) is 16.4. The average Bonchev–Trinajstić information content (AvgIpc) is 3.42. The topological polar surface area (TPSA) is 58.6 Å². The third-order valence-corrected chi connectivity index (χ3v) is 16.4. The number of hydrogen-bond acceptors (Lipinski definition) is 3. The van der Waals surface area contributed by atoms with E-state index < -0.39 is 5.97 Å². The lowest BCUT2D eigenvalue weighted by atomic mass is 9.33. The Morgan fingerprint density at radius 3 is 2.39 bits per heavy atom. The maximum absolute atomic E-state index is 11.6. The number of fused-ring (bicyclic) bond motifs is 7. The fourth-order valence-electron chi connectivity index (χ4n) is 13.9. The SMILES string of the molecule is CC1(C)C(C2=CC[C@H](C(=O)O)CC2)=CC[C@@]2(C)C1CC[C@]1(C)C2CC[C@@H]2C3CCC[C@]3(NCCC3CCOCC3)CC[C@]21C. The molecule has 44 heavy (non-hydrogen) atoms. The molecule has 5 fully saturated rings. The number of carboxylic acids is 1. The first-order valence-electron chi connectivity index (χ1n) is 18.9. The van der Waals surface area contributed by atoms with Gasteiger partial charge in [0.25, 0.3) is 0 Å². The van der Waals surface area contributed by atoms with E-state index in [0.29, 0.717) is 34.1 Å². The number of carbonyl (C=O) groups is 1. The summed E-state index contributed by atoms with van der Waals surface area (Å²) in [4.78, 5) is 11.6. The second kappa shape index (κ2) is 11.2. The Kier molecular flexibility index (Phi) is 8.04. The first-order chi connectivity index (χ1) is 20.9. The molecule has 7 aliphatic rings. The minimum absolute atomic E-state index is 0.148. The number of hydrogen-bond donors (Lipinski definition) is 2. The summed E-state index contributed by atoms with van der Waals surface area (Å²) in [6.07, 6.45) is 25.1. The third kappa shape index (κ3) is 4.68. The number of rotatable bonds is 6. The summed E-state index contributed by atoms with van der Waals surface area (Å²) in [6, 6.07) is 0. The van der Waals surface area contributed by atoms with Crippen LogP contribution in [0.25, 0.3) is 0 Å². The fraction of sp³-hybridized carbons (Fsp3) is 0.875. The normalized spacial score (nSPS) is 47.0. The first kappa shape index (κ1) is 31.5. The molecule has 7 rings (SSSR count). The van der Waals surface area contributed by atoms with E-state index in [1.807, 2.05) is 0 Å². The van der Waals surface area contributed by atoms with E-state index in [4.69, 9.17) is 4.74 Å². The fourth-order valence-corrected chi connectivity index (χ4v) is 13.9. The van der Waals surface area contributed by atoms with Crippen LogP contribution < -0.4 is 5.32 Å². The van der Waals surface area contributed by atoms with E-state index >= 15 is 0 Å². The molecule has 1 aliphatic heterocycles. The Bertz CT molecular complexity index is 1180. The number of aliphatic carboxylic acids is 1. The molecule has 0 radical (unpaired) electrons. The monoisotopic (exact) mass is 605 g/mol. The zero-order valence-corrected chi connectivity index (χ0v) is 28.8. The van der Waals surface area contributed by atoms with Crippen molar-refractivity contribution in [2.75, 3.05) is 19.8 Å². The molecule has 0 aromatic rings. The molecule has 1 heterocycles. The number of ether oxygens (including phenoxy) is 1. The zero-order chi connectivity index (χ0) is 31.0. The molecule has 246 valence electrons. The Labute approximate surface area is 268 Å². The Morgan fingerprint density at radius 1 is 0.864 bits per heavy atom. The highest BCUT2D eigenvalue weighted by molar-refractivity contribution is 5.70. The van der Waals surface area contributed by atoms with Crippen LogP contribution >= 0.6 is 0 Å². The van der Waals surface area contributed by atoms with Crippen molar-refractivity contribution in [1.29, 1.82) is 0 Å². The molecule has 6 aliphatic carbocycles. The Morgan fingerprint density at radius 2 is 1.66 bits per heavy atom. The second-order valence-electron chi connectivity index (χ2n) is 18.2. The molecule has 4 nitrogen and oxygen atoms in total. The molecule has 0 spiro atoms. The number of nitrogens with one attached hydrogen (secondary N) is 1. The zero-order valence-electron chi connectivity index (χ0n) is 28.8. The molecule has 4 heteroatoms. The van der Waals surface area contributed by atoms with Crippen LogP contribution in [0.5, 0.6) is 0 Å². The van der Waals surface area contributed by atoms with Gasteiger partial charge in [0, 0.05) is 18.8 Å². The van der Waals surface area contributed by atoms with Crippen molar-refractivity contribution in [2.24, 2.45) is 57.2 Å². The van der Waals surface area contributed by atoms with Gasteiger partial charge in [0.2, 0.25) is 0 Å². The number of allylic oxidation sites excluding steroid dienone is 4. The Balaban J connectivity index is 1.11. The summed E-state index contributed by atoms with van der Waals surface area (Å²) >= 11 is 0. The quantitative estimate of drug-likeness (QED) is 0.317. The van der Waals surface area contributed by atoms with Crippen LogP contribution in [0.4, 0.5) is 0 Å². The van der Waals surface area contributed by atoms with Crippen molar-refractivity contribution in [2.45, 2.75) is 143 Å². The van der Waals surface area contributed by atoms with Crippen LogP contribution in [0, 0.1) is 57.2 Å². The van der Waals surface area contributed by atoms with Crippen molar-refractivity contribution in [1.82, 2.24) is 5.32 Å². The van der Waals surface area contributed by atoms with Crippen molar-refractivity contribution >= 4 is 5.97 Å². The van der Waals surface area contributed by atoms with Gasteiger partial charge in [-0.15, -0.1) is 0 Å². The average molecular weight is 606 g/mol. The van der Waals surface area contributed by atoms with Crippen LogP contribution in [-0.2, 0) is 9.53 Å². The molecular formula is C40H63NO3. The lowest BCUT2D eigenvalue weighted by Gasteiger charge is -2.72. The first-order valence-corrected chi connectivity index (χ1v) is 18.9. The van der Waals surface area contributed by atoms with Crippen LogP contribution in [-0.4, -0.2) is 36.4 Å². The van der Waals surface area contributed by atoms with E-state index in [9.17, 15) is 9.90 Å². The smallest absolute Gasteiger partial charge is 0.306 e. The van der Waals surface area contributed by atoms with Crippen molar-refractivity contribution < 1.29 is 14.6 Å². The van der Waals surface area contributed by atoms with Gasteiger partial charge in [-0.2, -0.15) is 0 Å². The van der Waals surface area contributed by atoms with Gasteiger partial charge < -0.3 is 15.2 Å². The van der Waals surface area contributed by atoms with Gasteiger partial charge in [-0.05, 0) is 165 Å². The predicted octanol–water partition coefficient (Wildman–Crippen LogP) is 9.35. The second-order valence-corrected chi connectivity index (χ2v) is 18.2.